The molecule has 29 heavy (non-hydrogen) atoms. The van der Waals surface area contributed by atoms with Gasteiger partial charge in [0.05, 0.1) is 28.4 Å². The monoisotopic (exact) mass is 416 g/mol. The Bertz CT molecular complexity index is 1050. The van der Waals surface area contributed by atoms with Crippen LogP contribution in [0.3, 0.4) is 0 Å². The van der Waals surface area contributed by atoms with E-state index >= 15 is 0 Å². The second kappa shape index (κ2) is 8.46. The number of carbonyl (C=O) groups is 2. The molecule has 152 valence electrons. The summed E-state index contributed by atoms with van der Waals surface area (Å²) in [6.45, 7) is 2.02. The Hall–Kier alpha value is -3.16. The van der Waals surface area contributed by atoms with E-state index in [9.17, 15) is 18.0 Å². The van der Waals surface area contributed by atoms with E-state index in [1.165, 1.54) is 40.9 Å². The number of benzene rings is 1. The van der Waals surface area contributed by atoms with E-state index in [1.54, 1.807) is 6.92 Å². The Morgan fingerprint density at radius 2 is 1.79 bits per heavy atom. The zero-order valence-electron chi connectivity index (χ0n) is 15.7. The van der Waals surface area contributed by atoms with E-state index in [0.29, 0.717) is 29.7 Å². The Balaban J connectivity index is 1.54. The maximum atomic E-state index is 12.7. The van der Waals surface area contributed by atoms with Gasteiger partial charge >= 0.3 is 0 Å². The van der Waals surface area contributed by atoms with Gasteiger partial charge in [-0.15, -0.1) is 0 Å². The third kappa shape index (κ3) is 4.47. The predicted octanol–water partition coefficient (Wildman–Crippen LogP) is 1.32. The van der Waals surface area contributed by atoms with Crippen molar-refractivity contribution in [2.24, 2.45) is 5.92 Å². The van der Waals surface area contributed by atoms with E-state index in [-0.39, 0.29) is 23.9 Å². The van der Waals surface area contributed by atoms with Crippen molar-refractivity contribution in [2.75, 3.05) is 13.1 Å². The van der Waals surface area contributed by atoms with E-state index in [2.05, 4.69) is 10.9 Å². The van der Waals surface area contributed by atoms with Gasteiger partial charge in [0.15, 0.2) is 0 Å². The van der Waals surface area contributed by atoms with Crippen LogP contribution in [-0.4, -0.2) is 37.6 Å². The Labute approximate surface area is 168 Å². The molecule has 10 heteroatoms. The van der Waals surface area contributed by atoms with Crippen LogP contribution in [-0.2, 0) is 14.8 Å². The number of hydrogen-bond acceptors (Lipinski definition) is 6. The van der Waals surface area contributed by atoms with Crippen LogP contribution in [0.5, 0.6) is 0 Å². The molecular formula is C19H20N4O5S. The molecule has 0 aliphatic carbocycles. The van der Waals surface area contributed by atoms with E-state index < -0.39 is 21.8 Å². The lowest BCUT2D eigenvalue weighted by Gasteiger charge is -2.30. The van der Waals surface area contributed by atoms with Crippen LogP contribution >= 0.6 is 0 Å². The summed E-state index contributed by atoms with van der Waals surface area (Å²) in [7, 11) is -3.68. The van der Waals surface area contributed by atoms with Crippen LogP contribution in [0.25, 0.3) is 0 Å². The predicted molar refractivity (Wildman–Crippen MR) is 102 cm³/mol. The van der Waals surface area contributed by atoms with Gasteiger partial charge in [-0.25, -0.2) is 8.42 Å². The summed E-state index contributed by atoms with van der Waals surface area (Å²) in [6, 6.07) is 9.17. The van der Waals surface area contributed by atoms with Crippen molar-refractivity contribution in [1.82, 2.24) is 15.2 Å². The standard InChI is InChI=1S/C19H20N4O5S/c1-13-17(8-11-28-13)19(25)22-21-18(24)15-6-9-23(10-7-15)29(26,27)16-4-2-14(12-20)3-5-16/h2-5,8,11,15H,6-7,9-10H2,1H3,(H,21,24)(H,22,25). The molecule has 0 spiro atoms. The molecule has 2 amide bonds. The smallest absolute Gasteiger partial charge is 0.273 e. The maximum absolute atomic E-state index is 12.7. The normalized spacial score (nSPS) is 15.4. The van der Waals surface area contributed by atoms with Crippen molar-refractivity contribution in [1.29, 1.82) is 5.26 Å². The fraction of sp³-hybridized carbons (Fsp3) is 0.316. The summed E-state index contributed by atoms with van der Waals surface area (Å²) in [5, 5.41) is 8.83. The van der Waals surface area contributed by atoms with Crippen molar-refractivity contribution in [2.45, 2.75) is 24.7 Å². The van der Waals surface area contributed by atoms with Crippen LogP contribution in [0.15, 0.2) is 45.9 Å². The lowest BCUT2D eigenvalue weighted by Crippen LogP contribution is -2.48. The lowest BCUT2D eigenvalue weighted by atomic mass is 9.98. The third-order valence-corrected chi connectivity index (χ3v) is 6.76. The largest absolute Gasteiger partial charge is 0.469 e. The Morgan fingerprint density at radius 1 is 1.14 bits per heavy atom. The summed E-state index contributed by atoms with van der Waals surface area (Å²) < 4.78 is 31.8. The van der Waals surface area contributed by atoms with Gasteiger partial charge in [0.2, 0.25) is 15.9 Å². The molecule has 2 aromatic rings. The molecule has 0 radical (unpaired) electrons. The lowest BCUT2D eigenvalue weighted by molar-refractivity contribution is -0.126. The minimum atomic E-state index is -3.68. The minimum absolute atomic E-state index is 0.113. The number of nitriles is 1. The number of aryl methyl sites for hydroxylation is 1. The summed E-state index contributed by atoms with van der Waals surface area (Å²) in [6.07, 6.45) is 2.06. The van der Waals surface area contributed by atoms with Gasteiger partial charge < -0.3 is 4.42 Å². The van der Waals surface area contributed by atoms with Gasteiger partial charge in [-0.3, -0.25) is 20.4 Å². The quantitative estimate of drug-likeness (QED) is 0.723. The van der Waals surface area contributed by atoms with Gasteiger partial charge in [-0.05, 0) is 50.1 Å². The SMILES string of the molecule is Cc1occc1C(=O)NNC(=O)C1CCN(S(=O)(=O)c2ccc(C#N)cc2)CC1. The highest BCUT2D eigenvalue weighted by Gasteiger charge is 2.32. The average molecular weight is 416 g/mol. The zero-order chi connectivity index (χ0) is 21.0. The summed E-state index contributed by atoms with van der Waals surface area (Å²) in [5.41, 5.74) is 5.44. The van der Waals surface area contributed by atoms with Crippen molar-refractivity contribution in [3.63, 3.8) is 0 Å². The Kier molecular flexibility index (Phi) is 6.00. The second-order valence-corrected chi connectivity index (χ2v) is 8.59. The number of piperidine rings is 1. The number of amides is 2. The number of sulfonamides is 1. The molecule has 0 unspecified atom stereocenters. The first-order valence-electron chi connectivity index (χ1n) is 8.97. The molecule has 1 aliphatic heterocycles. The minimum Gasteiger partial charge on any atom is -0.469 e. The third-order valence-electron chi connectivity index (χ3n) is 4.85. The maximum Gasteiger partial charge on any atom is 0.273 e. The van der Waals surface area contributed by atoms with Crippen LogP contribution in [0.1, 0.15) is 34.5 Å². The molecular weight excluding hydrogens is 396 g/mol. The number of hydrazine groups is 1. The van der Waals surface area contributed by atoms with Crippen LogP contribution in [0.4, 0.5) is 0 Å². The summed E-state index contributed by atoms with van der Waals surface area (Å²) >= 11 is 0. The van der Waals surface area contributed by atoms with Gasteiger partial charge in [0.25, 0.3) is 5.91 Å². The Morgan fingerprint density at radius 3 is 2.34 bits per heavy atom. The number of hydrogen-bond donors (Lipinski definition) is 2. The van der Waals surface area contributed by atoms with Crippen molar-refractivity contribution < 1.29 is 22.4 Å². The van der Waals surface area contributed by atoms with E-state index in [0.717, 1.165) is 0 Å². The average Bonchev–Trinajstić information content (AvgIpc) is 3.17. The number of carbonyl (C=O) groups excluding carboxylic acids is 2. The molecule has 1 aromatic carbocycles. The molecule has 1 aromatic heterocycles. The molecule has 1 aliphatic rings. The molecule has 1 fully saturated rings. The van der Waals surface area contributed by atoms with Crippen LogP contribution in [0, 0.1) is 24.2 Å². The fourth-order valence-electron chi connectivity index (χ4n) is 3.12. The van der Waals surface area contributed by atoms with E-state index in [4.69, 9.17) is 9.68 Å². The second-order valence-electron chi connectivity index (χ2n) is 6.65. The molecule has 1 saturated heterocycles. The number of furan rings is 1. The number of rotatable bonds is 4. The highest BCUT2D eigenvalue weighted by Crippen LogP contribution is 2.24. The molecule has 0 atom stereocenters. The topological polar surface area (TPSA) is 133 Å². The van der Waals surface area contributed by atoms with Gasteiger partial charge in [-0.1, -0.05) is 0 Å². The first-order chi connectivity index (χ1) is 13.8. The fourth-order valence-corrected chi connectivity index (χ4v) is 4.59. The number of nitrogens with one attached hydrogen (secondary N) is 2. The molecule has 2 N–H and O–H groups in total. The first-order valence-corrected chi connectivity index (χ1v) is 10.4. The molecule has 9 nitrogen and oxygen atoms in total. The first kappa shape index (κ1) is 20.6. The highest BCUT2D eigenvalue weighted by atomic mass is 32.2. The van der Waals surface area contributed by atoms with E-state index in [1.807, 2.05) is 6.07 Å². The molecule has 3 rings (SSSR count). The van der Waals surface area contributed by atoms with Gasteiger partial charge in [0.1, 0.15) is 5.76 Å². The molecule has 0 saturated carbocycles. The van der Waals surface area contributed by atoms with Crippen molar-refractivity contribution in [3.8, 4) is 6.07 Å². The van der Waals surface area contributed by atoms with Crippen molar-refractivity contribution >= 4 is 21.8 Å². The van der Waals surface area contributed by atoms with Crippen LogP contribution in [0.2, 0.25) is 0 Å². The zero-order valence-corrected chi connectivity index (χ0v) is 16.5. The molecule has 2 heterocycles. The molecule has 0 bridgehead atoms. The summed E-state index contributed by atoms with van der Waals surface area (Å²) in [5.74, 6) is -0.813. The highest BCUT2D eigenvalue weighted by molar-refractivity contribution is 7.89. The summed E-state index contributed by atoms with van der Waals surface area (Å²) in [4.78, 5) is 24.4. The van der Waals surface area contributed by atoms with Crippen LogP contribution < -0.4 is 10.9 Å². The van der Waals surface area contributed by atoms with Gasteiger partial charge in [0, 0.05) is 19.0 Å². The van der Waals surface area contributed by atoms with Crippen molar-refractivity contribution in [3.05, 3.63) is 53.5 Å². The number of nitrogens with zero attached hydrogens (tertiary/aromatic N) is 2. The van der Waals surface area contributed by atoms with Gasteiger partial charge in [-0.2, -0.15) is 9.57 Å².